The molecule has 24 heavy (non-hydrogen) atoms. The van der Waals surface area contributed by atoms with E-state index in [1.807, 2.05) is 0 Å². The Kier molecular flexibility index (Phi) is 5.47. The zero-order valence-electron chi connectivity index (χ0n) is 14.9. The SMILES string of the molecule is C=C(C)C(=O)Oc1ccccc1C(=O)OC1CC(C)CC(C)(C)C1. The summed E-state index contributed by atoms with van der Waals surface area (Å²) in [6, 6.07) is 6.64. The van der Waals surface area contributed by atoms with E-state index in [0.29, 0.717) is 5.92 Å². The molecule has 0 saturated heterocycles. The highest BCUT2D eigenvalue weighted by Gasteiger charge is 2.34. The highest BCUT2D eigenvalue weighted by atomic mass is 16.6. The molecule has 2 atom stereocenters. The Morgan fingerprint density at radius 1 is 1.21 bits per heavy atom. The molecule has 1 aliphatic rings. The number of esters is 2. The van der Waals surface area contributed by atoms with Gasteiger partial charge in [0.15, 0.2) is 0 Å². The minimum atomic E-state index is -0.553. The standard InChI is InChI=1S/C20H26O4/c1-13(2)18(21)24-17-9-7-6-8-16(17)19(22)23-15-10-14(3)11-20(4,5)12-15/h6-9,14-15H,1,10-12H2,2-5H3. The van der Waals surface area contributed by atoms with Gasteiger partial charge in [-0.05, 0) is 49.7 Å². The van der Waals surface area contributed by atoms with Crippen molar-refractivity contribution in [2.75, 3.05) is 0 Å². The van der Waals surface area contributed by atoms with Gasteiger partial charge in [-0.2, -0.15) is 0 Å². The van der Waals surface area contributed by atoms with Crippen molar-refractivity contribution in [1.29, 1.82) is 0 Å². The van der Waals surface area contributed by atoms with E-state index < -0.39 is 11.9 Å². The second kappa shape index (κ2) is 7.20. The summed E-state index contributed by atoms with van der Waals surface area (Å²) in [5, 5.41) is 0. The smallest absolute Gasteiger partial charge is 0.342 e. The molecule has 1 aliphatic carbocycles. The summed E-state index contributed by atoms with van der Waals surface area (Å²) in [6.07, 6.45) is 2.73. The molecule has 1 aromatic carbocycles. The highest BCUT2D eigenvalue weighted by Crippen LogP contribution is 2.40. The van der Waals surface area contributed by atoms with Crippen molar-refractivity contribution in [1.82, 2.24) is 0 Å². The molecule has 1 fully saturated rings. The lowest BCUT2D eigenvalue weighted by atomic mass is 9.71. The third-order valence-corrected chi connectivity index (χ3v) is 4.28. The van der Waals surface area contributed by atoms with E-state index in [9.17, 15) is 9.59 Å². The Morgan fingerprint density at radius 3 is 2.50 bits per heavy atom. The predicted molar refractivity (Wildman–Crippen MR) is 92.9 cm³/mol. The molecular formula is C20H26O4. The molecule has 0 heterocycles. The summed E-state index contributed by atoms with van der Waals surface area (Å²) >= 11 is 0. The van der Waals surface area contributed by atoms with Crippen molar-refractivity contribution in [2.45, 2.75) is 53.1 Å². The average Bonchev–Trinajstić information content (AvgIpc) is 2.45. The van der Waals surface area contributed by atoms with E-state index >= 15 is 0 Å². The van der Waals surface area contributed by atoms with Gasteiger partial charge in [-0.3, -0.25) is 0 Å². The lowest BCUT2D eigenvalue weighted by molar-refractivity contribution is -0.130. The zero-order valence-corrected chi connectivity index (χ0v) is 14.9. The second-order valence-corrected chi connectivity index (χ2v) is 7.61. The van der Waals surface area contributed by atoms with Gasteiger partial charge in [-0.25, -0.2) is 9.59 Å². The normalized spacial score (nSPS) is 22.5. The van der Waals surface area contributed by atoms with Crippen molar-refractivity contribution in [3.05, 3.63) is 42.0 Å². The van der Waals surface area contributed by atoms with Crippen LogP contribution < -0.4 is 4.74 Å². The Labute approximate surface area is 143 Å². The van der Waals surface area contributed by atoms with Crippen molar-refractivity contribution >= 4 is 11.9 Å². The summed E-state index contributed by atoms with van der Waals surface area (Å²) in [4.78, 5) is 24.3. The minimum Gasteiger partial charge on any atom is -0.459 e. The average molecular weight is 330 g/mol. The Bertz CT molecular complexity index is 645. The molecule has 4 nitrogen and oxygen atoms in total. The molecule has 1 aromatic rings. The molecule has 0 amide bonds. The van der Waals surface area contributed by atoms with Gasteiger partial charge in [0.05, 0.1) is 0 Å². The number of ether oxygens (including phenoxy) is 2. The van der Waals surface area contributed by atoms with Crippen LogP contribution in [-0.2, 0) is 9.53 Å². The van der Waals surface area contributed by atoms with Crippen LogP contribution in [0.1, 0.15) is 57.3 Å². The van der Waals surface area contributed by atoms with Crippen LogP contribution in [0.5, 0.6) is 5.75 Å². The number of carbonyl (C=O) groups excluding carboxylic acids is 2. The Morgan fingerprint density at radius 2 is 1.88 bits per heavy atom. The van der Waals surface area contributed by atoms with Gasteiger partial charge in [0.25, 0.3) is 0 Å². The molecule has 2 unspecified atom stereocenters. The summed E-state index contributed by atoms with van der Waals surface area (Å²) in [6.45, 7) is 11.7. The molecular weight excluding hydrogens is 304 g/mol. The van der Waals surface area contributed by atoms with E-state index in [-0.39, 0.29) is 28.4 Å². The fourth-order valence-corrected chi connectivity index (χ4v) is 3.47. The van der Waals surface area contributed by atoms with Crippen molar-refractivity contribution in [3.8, 4) is 5.75 Å². The molecule has 0 radical (unpaired) electrons. The lowest BCUT2D eigenvalue weighted by Crippen LogP contribution is -2.34. The molecule has 0 N–H and O–H groups in total. The predicted octanol–water partition coefficient (Wildman–Crippen LogP) is 4.54. The molecule has 0 aliphatic heterocycles. The highest BCUT2D eigenvalue weighted by molar-refractivity contribution is 5.95. The maximum absolute atomic E-state index is 12.6. The second-order valence-electron chi connectivity index (χ2n) is 7.61. The third kappa shape index (κ3) is 4.70. The molecule has 0 aromatic heterocycles. The lowest BCUT2D eigenvalue weighted by Gasteiger charge is -2.38. The monoisotopic (exact) mass is 330 g/mol. The summed E-state index contributed by atoms with van der Waals surface area (Å²) in [5.74, 6) is -0.278. The van der Waals surface area contributed by atoms with Crippen LogP contribution >= 0.6 is 0 Å². The van der Waals surface area contributed by atoms with Gasteiger partial charge in [-0.15, -0.1) is 0 Å². The topological polar surface area (TPSA) is 52.6 Å². The molecule has 0 bridgehead atoms. The summed E-state index contributed by atoms with van der Waals surface area (Å²) in [5.41, 5.74) is 0.707. The first-order valence-electron chi connectivity index (χ1n) is 8.35. The first-order chi connectivity index (χ1) is 11.2. The molecule has 0 spiro atoms. The molecule has 2 rings (SSSR count). The molecule has 4 heteroatoms. The maximum atomic E-state index is 12.6. The number of hydrogen-bond donors (Lipinski definition) is 0. The Hall–Kier alpha value is -2.10. The number of para-hydroxylation sites is 1. The number of carbonyl (C=O) groups is 2. The molecule has 1 saturated carbocycles. The van der Waals surface area contributed by atoms with E-state index in [4.69, 9.17) is 9.47 Å². The van der Waals surface area contributed by atoms with Crippen LogP contribution in [0.2, 0.25) is 0 Å². The number of rotatable bonds is 4. The van der Waals surface area contributed by atoms with Crippen molar-refractivity contribution in [2.24, 2.45) is 11.3 Å². The van der Waals surface area contributed by atoms with Crippen molar-refractivity contribution < 1.29 is 19.1 Å². The van der Waals surface area contributed by atoms with Gasteiger partial charge in [-0.1, -0.05) is 39.5 Å². The minimum absolute atomic E-state index is 0.110. The van der Waals surface area contributed by atoms with Gasteiger partial charge in [0.2, 0.25) is 0 Å². The summed E-state index contributed by atoms with van der Waals surface area (Å²) < 4.78 is 11.0. The zero-order chi connectivity index (χ0) is 17.9. The van der Waals surface area contributed by atoms with E-state index in [0.717, 1.165) is 19.3 Å². The first kappa shape index (κ1) is 18.2. The molecule has 130 valence electrons. The number of benzene rings is 1. The van der Waals surface area contributed by atoms with E-state index in [2.05, 4.69) is 27.4 Å². The van der Waals surface area contributed by atoms with Crippen molar-refractivity contribution in [3.63, 3.8) is 0 Å². The van der Waals surface area contributed by atoms with Crippen LogP contribution in [-0.4, -0.2) is 18.0 Å². The Balaban J connectivity index is 2.12. The van der Waals surface area contributed by atoms with Gasteiger partial charge in [0, 0.05) is 5.57 Å². The third-order valence-electron chi connectivity index (χ3n) is 4.28. The van der Waals surface area contributed by atoms with Crippen LogP contribution in [0, 0.1) is 11.3 Å². The van der Waals surface area contributed by atoms with Crippen LogP contribution in [0.15, 0.2) is 36.4 Å². The fraction of sp³-hybridized carbons (Fsp3) is 0.500. The summed E-state index contributed by atoms with van der Waals surface area (Å²) in [7, 11) is 0. The largest absolute Gasteiger partial charge is 0.459 e. The van der Waals surface area contributed by atoms with E-state index in [1.54, 1.807) is 31.2 Å². The van der Waals surface area contributed by atoms with Crippen LogP contribution in [0.3, 0.4) is 0 Å². The van der Waals surface area contributed by atoms with Crippen LogP contribution in [0.4, 0.5) is 0 Å². The number of hydrogen-bond acceptors (Lipinski definition) is 4. The maximum Gasteiger partial charge on any atom is 0.342 e. The fourth-order valence-electron chi connectivity index (χ4n) is 3.47. The van der Waals surface area contributed by atoms with E-state index in [1.165, 1.54) is 0 Å². The van der Waals surface area contributed by atoms with Gasteiger partial charge < -0.3 is 9.47 Å². The van der Waals surface area contributed by atoms with Crippen LogP contribution in [0.25, 0.3) is 0 Å². The van der Waals surface area contributed by atoms with Gasteiger partial charge in [0.1, 0.15) is 17.4 Å². The quantitative estimate of drug-likeness (QED) is 0.462. The first-order valence-corrected chi connectivity index (χ1v) is 8.35. The van der Waals surface area contributed by atoms with Gasteiger partial charge >= 0.3 is 11.9 Å².